The largest absolute Gasteiger partial charge is 0.497 e. The number of ether oxygens (including phenoxy) is 1. The smallest absolute Gasteiger partial charge is 0.254 e. The first-order valence-corrected chi connectivity index (χ1v) is 14.3. The molecule has 2 amide bonds. The molecule has 0 radical (unpaired) electrons. The Morgan fingerprint density at radius 1 is 0.900 bits per heavy atom. The molecule has 1 heterocycles. The highest BCUT2D eigenvalue weighted by Gasteiger charge is 2.26. The van der Waals surface area contributed by atoms with Gasteiger partial charge in [-0.2, -0.15) is 0 Å². The Morgan fingerprint density at radius 3 is 2.33 bits per heavy atom. The molecule has 0 saturated heterocycles. The summed E-state index contributed by atoms with van der Waals surface area (Å²) in [6.07, 6.45) is 2.78. The van der Waals surface area contributed by atoms with Crippen molar-refractivity contribution in [1.82, 2.24) is 14.4 Å². The number of aromatic nitrogens is 1. The Kier molecular flexibility index (Phi) is 10.2. The molecule has 1 aromatic heterocycles. The molecule has 3 aromatic carbocycles. The molecule has 0 fully saturated rings. The maximum Gasteiger partial charge on any atom is 0.254 e. The fourth-order valence-corrected chi connectivity index (χ4v) is 4.86. The molecule has 0 bridgehead atoms. The average molecular weight is 603 g/mol. The summed E-state index contributed by atoms with van der Waals surface area (Å²) in [6.45, 7) is 5.56. The van der Waals surface area contributed by atoms with Gasteiger partial charge in [0.1, 0.15) is 12.3 Å². The summed E-state index contributed by atoms with van der Waals surface area (Å²) in [6, 6.07) is 29.2. The van der Waals surface area contributed by atoms with Crippen LogP contribution in [0.3, 0.4) is 0 Å². The van der Waals surface area contributed by atoms with Crippen LogP contribution in [-0.2, 0) is 24.4 Å². The van der Waals surface area contributed by atoms with Crippen LogP contribution in [0.1, 0.15) is 47.4 Å². The number of carbonyl (C=O) groups is 2. The second kappa shape index (κ2) is 14.0. The molecule has 0 N–H and O–H groups in total. The van der Waals surface area contributed by atoms with Crippen LogP contribution in [0.2, 0.25) is 0 Å². The predicted molar refractivity (Wildman–Crippen MR) is 162 cm³/mol. The number of carbonyl (C=O) groups excluding carboxylic acids is 2. The molecule has 6 nitrogen and oxygen atoms in total. The summed E-state index contributed by atoms with van der Waals surface area (Å²) >= 11 is 3.43. The van der Waals surface area contributed by atoms with Crippen molar-refractivity contribution in [2.45, 2.75) is 45.9 Å². The second-order valence-corrected chi connectivity index (χ2v) is 10.8. The maximum absolute atomic E-state index is 13.9. The van der Waals surface area contributed by atoms with E-state index in [1.165, 1.54) is 0 Å². The van der Waals surface area contributed by atoms with E-state index in [-0.39, 0.29) is 24.4 Å². The molecule has 208 valence electrons. The van der Waals surface area contributed by atoms with Crippen molar-refractivity contribution >= 4 is 27.7 Å². The van der Waals surface area contributed by atoms with E-state index in [1.807, 2.05) is 97.7 Å². The number of nitrogens with zero attached hydrogens (tertiary/aromatic N) is 3. The first kappa shape index (κ1) is 29.2. The quantitative estimate of drug-likeness (QED) is 0.180. The molecule has 1 unspecified atom stereocenters. The van der Waals surface area contributed by atoms with Gasteiger partial charge in [-0.25, -0.2) is 0 Å². The second-order valence-electron chi connectivity index (χ2n) is 9.91. The molecule has 0 saturated carbocycles. The SMILES string of the molecule is CCC(C)N(CC(=O)N(Cc1ccccc1)Cc1cccn1Cc1cccc(OC)c1)C(=O)c1ccc(Br)cc1. The van der Waals surface area contributed by atoms with Crippen LogP contribution < -0.4 is 4.74 Å². The third kappa shape index (κ3) is 7.63. The standard InChI is InChI=1S/C33H36BrN3O3/c1-4-25(2)37(33(39)28-15-17-29(34)18-16-28)24-32(38)36(21-26-10-6-5-7-11-26)23-30-13-9-19-35(30)22-27-12-8-14-31(20-27)40-3/h5-20,25H,4,21-24H2,1-3H3. The Hall–Kier alpha value is -3.84. The highest BCUT2D eigenvalue weighted by Crippen LogP contribution is 2.19. The lowest BCUT2D eigenvalue weighted by atomic mass is 10.1. The summed E-state index contributed by atoms with van der Waals surface area (Å²) in [7, 11) is 1.66. The fourth-order valence-electron chi connectivity index (χ4n) is 4.60. The molecule has 0 aliphatic rings. The van der Waals surface area contributed by atoms with E-state index in [0.29, 0.717) is 25.2 Å². The van der Waals surface area contributed by atoms with Gasteiger partial charge in [-0.05, 0) is 73.0 Å². The highest BCUT2D eigenvalue weighted by molar-refractivity contribution is 9.10. The van der Waals surface area contributed by atoms with Gasteiger partial charge in [-0.3, -0.25) is 9.59 Å². The van der Waals surface area contributed by atoms with Crippen LogP contribution >= 0.6 is 15.9 Å². The maximum atomic E-state index is 13.9. The summed E-state index contributed by atoms with van der Waals surface area (Å²) in [5.74, 6) is 0.577. The molecule has 4 aromatic rings. The zero-order valence-electron chi connectivity index (χ0n) is 23.3. The van der Waals surface area contributed by atoms with E-state index in [4.69, 9.17) is 4.74 Å². The van der Waals surface area contributed by atoms with Crippen molar-refractivity contribution in [1.29, 1.82) is 0 Å². The van der Waals surface area contributed by atoms with Crippen LogP contribution in [-0.4, -0.2) is 45.9 Å². The van der Waals surface area contributed by atoms with Gasteiger partial charge in [0.15, 0.2) is 0 Å². The summed E-state index contributed by atoms with van der Waals surface area (Å²) in [5.41, 5.74) is 3.73. The minimum Gasteiger partial charge on any atom is -0.497 e. The molecule has 7 heteroatoms. The van der Waals surface area contributed by atoms with E-state index in [0.717, 1.165) is 33.5 Å². The lowest BCUT2D eigenvalue weighted by Gasteiger charge is -2.31. The summed E-state index contributed by atoms with van der Waals surface area (Å²) in [4.78, 5) is 31.0. The minimum absolute atomic E-state index is 0.00727. The van der Waals surface area contributed by atoms with Gasteiger partial charge in [0, 0.05) is 41.1 Å². The van der Waals surface area contributed by atoms with Crippen LogP contribution in [0.5, 0.6) is 5.75 Å². The van der Waals surface area contributed by atoms with Crippen molar-refractivity contribution in [3.05, 3.63) is 124 Å². The Morgan fingerprint density at radius 2 is 1.62 bits per heavy atom. The van der Waals surface area contributed by atoms with Crippen molar-refractivity contribution in [3.63, 3.8) is 0 Å². The van der Waals surface area contributed by atoms with Gasteiger partial charge >= 0.3 is 0 Å². The molecule has 1 atom stereocenters. The third-order valence-electron chi connectivity index (χ3n) is 7.11. The van der Waals surface area contributed by atoms with Crippen LogP contribution in [0.4, 0.5) is 0 Å². The molecule has 0 spiro atoms. The van der Waals surface area contributed by atoms with Gasteiger partial charge in [-0.15, -0.1) is 0 Å². The lowest BCUT2D eigenvalue weighted by Crippen LogP contribution is -2.46. The molecular formula is C33H36BrN3O3. The first-order chi connectivity index (χ1) is 19.4. The molecule has 0 aliphatic carbocycles. The van der Waals surface area contributed by atoms with E-state index in [2.05, 4.69) is 26.6 Å². The fraction of sp³-hybridized carbons (Fsp3) is 0.273. The monoisotopic (exact) mass is 601 g/mol. The van der Waals surface area contributed by atoms with E-state index < -0.39 is 0 Å². The molecule has 40 heavy (non-hydrogen) atoms. The summed E-state index contributed by atoms with van der Waals surface area (Å²) in [5, 5.41) is 0. The van der Waals surface area contributed by atoms with E-state index in [1.54, 1.807) is 24.1 Å². The third-order valence-corrected chi connectivity index (χ3v) is 7.64. The van der Waals surface area contributed by atoms with Crippen LogP contribution in [0.25, 0.3) is 0 Å². The van der Waals surface area contributed by atoms with Crippen molar-refractivity contribution < 1.29 is 14.3 Å². The zero-order chi connectivity index (χ0) is 28.5. The zero-order valence-corrected chi connectivity index (χ0v) is 24.9. The van der Waals surface area contributed by atoms with Crippen molar-refractivity contribution in [2.75, 3.05) is 13.7 Å². The summed E-state index contributed by atoms with van der Waals surface area (Å²) < 4.78 is 8.45. The Labute approximate surface area is 245 Å². The van der Waals surface area contributed by atoms with Gasteiger partial charge in [0.2, 0.25) is 5.91 Å². The Balaban J connectivity index is 1.58. The predicted octanol–water partition coefficient (Wildman–Crippen LogP) is 6.78. The average Bonchev–Trinajstić information content (AvgIpc) is 3.41. The van der Waals surface area contributed by atoms with Gasteiger partial charge in [0.25, 0.3) is 5.91 Å². The number of halogens is 1. The number of benzene rings is 3. The highest BCUT2D eigenvalue weighted by atomic mass is 79.9. The first-order valence-electron chi connectivity index (χ1n) is 13.5. The number of hydrogen-bond donors (Lipinski definition) is 0. The van der Waals surface area contributed by atoms with Gasteiger partial charge in [0.05, 0.1) is 13.7 Å². The van der Waals surface area contributed by atoms with Gasteiger partial charge in [-0.1, -0.05) is 65.3 Å². The van der Waals surface area contributed by atoms with Crippen molar-refractivity contribution in [3.8, 4) is 5.75 Å². The van der Waals surface area contributed by atoms with Gasteiger partial charge < -0.3 is 19.1 Å². The molecule has 0 aliphatic heterocycles. The van der Waals surface area contributed by atoms with Crippen LogP contribution in [0, 0.1) is 0 Å². The van der Waals surface area contributed by atoms with Crippen molar-refractivity contribution in [2.24, 2.45) is 0 Å². The lowest BCUT2D eigenvalue weighted by molar-refractivity contribution is -0.133. The normalized spacial score (nSPS) is 11.6. The number of amides is 2. The topological polar surface area (TPSA) is 54.8 Å². The number of hydrogen-bond acceptors (Lipinski definition) is 3. The number of methoxy groups -OCH3 is 1. The van der Waals surface area contributed by atoms with Crippen LogP contribution in [0.15, 0.2) is 102 Å². The molecule has 4 rings (SSSR count). The van der Waals surface area contributed by atoms with E-state index >= 15 is 0 Å². The molecular weight excluding hydrogens is 566 g/mol. The van der Waals surface area contributed by atoms with E-state index in [9.17, 15) is 9.59 Å². The number of rotatable bonds is 12. The Bertz CT molecular complexity index is 1400. The minimum atomic E-state index is -0.142.